The SMILES string of the molecule is COCCNC(=O)c1ccc(C2=C(c3ccncc3)C3c4cc(OS(=O)(=O)c5cccs5)ccc4NC3N=C2)cc1. The molecule has 11 heteroatoms. The lowest BCUT2D eigenvalue weighted by Crippen LogP contribution is -2.26. The van der Waals surface area contributed by atoms with Crippen LogP contribution in [0.3, 0.4) is 0 Å². The van der Waals surface area contributed by atoms with Crippen molar-refractivity contribution < 1.29 is 22.1 Å². The molecule has 1 amide bonds. The number of ether oxygens (including phenoxy) is 1. The minimum Gasteiger partial charge on any atom is -0.383 e. The summed E-state index contributed by atoms with van der Waals surface area (Å²) < 4.78 is 36.3. The van der Waals surface area contributed by atoms with Gasteiger partial charge < -0.3 is 19.6 Å². The topological polar surface area (TPSA) is 119 Å². The molecule has 0 saturated carbocycles. The quantitative estimate of drug-likeness (QED) is 0.213. The molecule has 2 aliphatic rings. The second-order valence-electron chi connectivity index (χ2n) is 9.45. The maximum absolute atomic E-state index is 12.8. The number of benzene rings is 2. The van der Waals surface area contributed by atoms with Crippen molar-refractivity contribution in [1.82, 2.24) is 10.3 Å². The predicted molar refractivity (Wildman–Crippen MR) is 159 cm³/mol. The molecule has 2 aromatic carbocycles. The van der Waals surface area contributed by atoms with Gasteiger partial charge in [0.2, 0.25) is 0 Å². The van der Waals surface area contributed by atoms with Crippen molar-refractivity contribution in [2.75, 3.05) is 25.6 Å². The van der Waals surface area contributed by atoms with Crippen LogP contribution in [0.5, 0.6) is 5.75 Å². The van der Waals surface area contributed by atoms with Gasteiger partial charge in [-0.2, -0.15) is 8.42 Å². The van der Waals surface area contributed by atoms with Crippen molar-refractivity contribution in [3.63, 3.8) is 0 Å². The molecule has 2 atom stereocenters. The molecule has 4 aromatic rings. The van der Waals surface area contributed by atoms with Gasteiger partial charge in [0.1, 0.15) is 11.9 Å². The summed E-state index contributed by atoms with van der Waals surface area (Å²) in [6.07, 6.45) is 5.05. The average Bonchev–Trinajstić information content (AvgIpc) is 3.66. The normalized spacial score (nSPS) is 17.5. The number of dihydropyridines is 1. The van der Waals surface area contributed by atoms with Crippen molar-refractivity contribution in [1.29, 1.82) is 0 Å². The van der Waals surface area contributed by atoms with Gasteiger partial charge in [0, 0.05) is 49.1 Å². The highest BCUT2D eigenvalue weighted by atomic mass is 32.3. The van der Waals surface area contributed by atoms with Gasteiger partial charge in [-0.15, -0.1) is 11.3 Å². The first-order chi connectivity index (χ1) is 19.9. The number of anilines is 1. The van der Waals surface area contributed by atoms with E-state index in [-0.39, 0.29) is 27.9 Å². The number of aliphatic imine (C=N–C) groups is 1. The number of carbonyl (C=O) groups excluding carboxylic acids is 1. The first-order valence-corrected chi connectivity index (χ1v) is 15.2. The van der Waals surface area contributed by atoms with Crippen LogP contribution >= 0.6 is 11.3 Å². The largest absolute Gasteiger partial charge is 0.383 e. The molecule has 0 fully saturated rings. The number of nitrogens with one attached hydrogen (secondary N) is 2. The summed E-state index contributed by atoms with van der Waals surface area (Å²) in [5, 5.41) is 7.99. The summed E-state index contributed by atoms with van der Waals surface area (Å²) >= 11 is 1.11. The molecular formula is C30H26N4O5S2. The molecule has 0 radical (unpaired) electrons. The minimum atomic E-state index is -3.95. The van der Waals surface area contributed by atoms with E-state index >= 15 is 0 Å². The lowest BCUT2D eigenvalue weighted by molar-refractivity contribution is 0.0937. The number of methoxy groups -OCH3 is 1. The monoisotopic (exact) mass is 586 g/mol. The van der Waals surface area contributed by atoms with Crippen LogP contribution in [0.15, 0.2) is 93.7 Å². The van der Waals surface area contributed by atoms with Crippen molar-refractivity contribution in [2.45, 2.75) is 16.3 Å². The van der Waals surface area contributed by atoms with Gasteiger partial charge in [0.15, 0.2) is 4.21 Å². The van der Waals surface area contributed by atoms with E-state index in [1.165, 1.54) is 6.07 Å². The third-order valence-corrected chi connectivity index (χ3v) is 9.53. The van der Waals surface area contributed by atoms with Crippen molar-refractivity contribution >= 4 is 50.4 Å². The summed E-state index contributed by atoms with van der Waals surface area (Å²) in [5.41, 5.74) is 6.05. The van der Waals surface area contributed by atoms with Gasteiger partial charge in [0.05, 0.1) is 12.5 Å². The van der Waals surface area contributed by atoms with E-state index in [1.807, 2.05) is 36.5 Å². The Labute approximate surface area is 241 Å². The fraction of sp³-hybridized carbons (Fsp3) is 0.167. The Morgan fingerprint density at radius 1 is 1.05 bits per heavy atom. The number of carbonyl (C=O) groups is 1. The molecule has 2 aromatic heterocycles. The smallest absolute Gasteiger partial charge is 0.348 e. The highest BCUT2D eigenvalue weighted by molar-refractivity contribution is 7.89. The number of hydrogen-bond acceptors (Lipinski definition) is 9. The molecule has 9 nitrogen and oxygen atoms in total. The highest BCUT2D eigenvalue weighted by Gasteiger charge is 2.39. The van der Waals surface area contributed by atoms with E-state index in [4.69, 9.17) is 13.9 Å². The standard InChI is InChI=1S/C30H26N4O5S2/c1-38-15-14-32-30(35)21-6-4-19(5-7-21)24-18-33-29-28(27(24)20-10-12-31-13-11-20)23-17-22(8-9-25(23)34-29)39-41(36,37)26-3-2-16-40-26/h2-13,16-18,28-29,34H,14-15H2,1H3,(H,32,35). The van der Waals surface area contributed by atoms with Gasteiger partial charge in [-0.05, 0) is 76.2 Å². The first-order valence-electron chi connectivity index (χ1n) is 12.9. The Kier molecular flexibility index (Phi) is 7.39. The van der Waals surface area contributed by atoms with E-state index in [0.717, 1.165) is 44.9 Å². The maximum Gasteiger partial charge on any atom is 0.348 e. The summed E-state index contributed by atoms with van der Waals surface area (Å²) in [6, 6.07) is 19.7. The fourth-order valence-electron chi connectivity index (χ4n) is 5.06. The lowest BCUT2D eigenvalue weighted by Gasteiger charge is -2.27. The van der Waals surface area contributed by atoms with Crippen LogP contribution < -0.4 is 14.8 Å². The molecule has 4 heterocycles. The van der Waals surface area contributed by atoms with Crippen LogP contribution in [0.1, 0.15) is 33.0 Å². The maximum atomic E-state index is 12.8. The zero-order valence-corrected chi connectivity index (χ0v) is 23.6. The number of rotatable bonds is 9. The fourth-order valence-corrected chi connectivity index (χ4v) is 6.94. The van der Waals surface area contributed by atoms with Crippen LogP contribution in [-0.4, -0.2) is 52.0 Å². The zero-order chi connectivity index (χ0) is 28.4. The van der Waals surface area contributed by atoms with Crippen molar-refractivity contribution in [2.24, 2.45) is 4.99 Å². The second-order valence-corrected chi connectivity index (χ2v) is 12.2. The van der Waals surface area contributed by atoms with E-state index in [0.29, 0.717) is 18.7 Å². The molecule has 2 N–H and O–H groups in total. The number of nitrogens with zero attached hydrogens (tertiary/aromatic N) is 2. The number of pyridine rings is 1. The number of amides is 1. The lowest BCUT2D eigenvalue weighted by atomic mass is 9.80. The number of thiophene rings is 1. The minimum absolute atomic E-state index is 0.145. The van der Waals surface area contributed by atoms with Crippen LogP contribution in [-0.2, 0) is 14.9 Å². The Hall–Kier alpha value is -4.32. The molecule has 2 aliphatic heterocycles. The molecule has 0 bridgehead atoms. The van der Waals surface area contributed by atoms with E-state index < -0.39 is 10.1 Å². The number of aromatic nitrogens is 1. The molecule has 0 aliphatic carbocycles. The molecule has 41 heavy (non-hydrogen) atoms. The van der Waals surface area contributed by atoms with Crippen LogP contribution in [0.25, 0.3) is 11.1 Å². The molecule has 6 rings (SSSR count). The molecule has 208 valence electrons. The molecular weight excluding hydrogens is 560 g/mol. The van der Waals surface area contributed by atoms with E-state index in [2.05, 4.69) is 15.6 Å². The number of hydrogen-bond donors (Lipinski definition) is 2. The third kappa shape index (κ3) is 5.39. The number of allylic oxidation sites excluding steroid dienone is 1. The summed E-state index contributed by atoms with van der Waals surface area (Å²) in [6.45, 7) is 0.865. The van der Waals surface area contributed by atoms with Crippen LogP contribution in [0.2, 0.25) is 0 Å². The number of fused-ring (bicyclic) bond motifs is 3. The van der Waals surface area contributed by atoms with Gasteiger partial charge in [0.25, 0.3) is 5.91 Å². The highest BCUT2D eigenvalue weighted by Crippen LogP contribution is 2.50. The summed E-state index contributed by atoms with van der Waals surface area (Å²) in [4.78, 5) is 21.5. The summed E-state index contributed by atoms with van der Waals surface area (Å²) in [5.74, 6) is -0.167. The molecule has 2 unspecified atom stereocenters. The van der Waals surface area contributed by atoms with Crippen LogP contribution in [0.4, 0.5) is 5.69 Å². The van der Waals surface area contributed by atoms with Gasteiger partial charge >= 0.3 is 10.1 Å². The summed E-state index contributed by atoms with van der Waals surface area (Å²) in [7, 11) is -2.36. The Morgan fingerprint density at radius 3 is 2.59 bits per heavy atom. The van der Waals surface area contributed by atoms with Crippen molar-refractivity contribution in [3.05, 3.63) is 107 Å². The third-order valence-electron chi connectivity index (χ3n) is 6.93. The Balaban J connectivity index is 1.39. The second kappa shape index (κ2) is 11.3. The Morgan fingerprint density at radius 2 is 1.85 bits per heavy atom. The van der Waals surface area contributed by atoms with Crippen molar-refractivity contribution in [3.8, 4) is 5.75 Å². The molecule has 0 saturated heterocycles. The average molecular weight is 587 g/mol. The van der Waals surface area contributed by atoms with Gasteiger partial charge in [-0.3, -0.25) is 14.8 Å². The van der Waals surface area contributed by atoms with E-state index in [1.54, 1.807) is 55.2 Å². The predicted octanol–water partition coefficient (Wildman–Crippen LogP) is 4.82. The van der Waals surface area contributed by atoms with Gasteiger partial charge in [-0.25, -0.2) is 0 Å². The van der Waals surface area contributed by atoms with Crippen LogP contribution in [0, 0.1) is 0 Å². The van der Waals surface area contributed by atoms with Gasteiger partial charge in [-0.1, -0.05) is 18.2 Å². The Bertz CT molecular complexity index is 1740. The first kappa shape index (κ1) is 26.9. The molecule has 0 spiro atoms. The van der Waals surface area contributed by atoms with E-state index in [9.17, 15) is 13.2 Å². The zero-order valence-electron chi connectivity index (χ0n) is 22.0.